The van der Waals surface area contributed by atoms with E-state index in [4.69, 9.17) is 21.8 Å². The van der Waals surface area contributed by atoms with Crippen molar-refractivity contribution in [2.24, 2.45) is 0 Å². The van der Waals surface area contributed by atoms with Gasteiger partial charge < -0.3 is 10.2 Å². The molecular weight excluding hydrogens is 283 g/mol. The van der Waals surface area contributed by atoms with E-state index in [1.807, 2.05) is 0 Å². The second-order valence-corrected chi connectivity index (χ2v) is 4.84. The molecule has 6 heteroatoms. The summed E-state index contributed by atoms with van der Waals surface area (Å²) < 4.78 is 19.7. The average Bonchev–Trinajstić information content (AvgIpc) is 2.70. The first-order valence-corrected chi connectivity index (χ1v) is 6.25. The maximum Gasteiger partial charge on any atom is 0.420 e. The fourth-order valence-electron chi connectivity index (χ4n) is 2.05. The first-order valence-electron chi connectivity index (χ1n) is 5.87. The number of aromatic nitrogens is 1. The largest absolute Gasteiger partial charge is 0.420 e. The highest BCUT2D eigenvalue weighted by Gasteiger charge is 2.10. The van der Waals surface area contributed by atoms with E-state index in [2.05, 4.69) is 0 Å². The molecule has 1 heterocycles. The van der Waals surface area contributed by atoms with Crippen LogP contribution >= 0.6 is 11.6 Å². The average molecular weight is 293 g/mol. The zero-order valence-corrected chi connectivity index (χ0v) is 11.0. The Morgan fingerprint density at radius 3 is 2.80 bits per heavy atom. The highest BCUT2D eigenvalue weighted by Crippen LogP contribution is 2.20. The molecule has 20 heavy (non-hydrogen) atoms. The fourth-order valence-corrected chi connectivity index (χ4v) is 2.25. The summed E-state index contributed by atoms with van der Waals surface area (Å²) in [6, 6.07) is 9.27. The minimum absolute atomic E-state index is 0.0165. The number of hydrogen-bond acceptors (Lipinski definition) is 3. The van der Waals surface area contributed by atoms with Gasteiger partial charge in [-0.05, 0) is 35.9 Å². The molecule has 2 aromatic carbocycles. The van der Waals surface area contributed by atoms with Crippen LogP contribution in [0.15, 0.2) is 45.6 Å². The van der Waals surface area contributed by atoms with Gasteiger partial charge >= 0.3 is 5.76 Å². The Balaban J connectivity index is 2.10. The fraction of sp³-hybridized carbons (Fsp3) is 0.0714. The van der Waals surface area contributed by atoms with Gasteiger partial charge in [0.1, 0.15) is 5.82 Å². The predicted molar refractivity (Wildman–Crippen MR) is 75.4 cm³/mol. The molecule has 0 saturated carbocycles. The first kappa shape index (κ1) is 12.7. The van der Waals surface area contributed by atoms with Crippen molar-refractivity contribution in [2.45, 2.75) is 6.54 Å². The van der Waals surface area contributed by atoms with Crippen molar-refractivity contribution in [3.05, 3.63) is 63.4 Å². The summed E-state index contributed by atoms with van der Waals surface area (Å²) in [4.78, 5) is 11.9. The summed E-state index contributed by atoms with van der Waals surface area (Å²) in [7, 11) is 0. The molecule has 0 radical (unpaired) electrons. The minimum atomic E-state index is -0.496. The van der Waals surface area contributed by atoms with Crippen LogP contribution < -0.4 is 11.5 Å². The second-order valence-electron chi connectivity index (χ2n) is 4.43. The summed E-state index contributed by atoms with van der Waals surface area (Å²) in [5.74, 6) is -0.991. The standard InChI is InChI=1S/C14H10ClFN2O2/c15-10-5-8(1-3-11(10)16)7-18-12-6-9(17)2-4-13(12)20-14(18)19/h1-6H,7,17H2. The number of anilines is 1. The van der Waals surface area contributed by atoms with Gasteiger partial charge in [0.15, 0.2) is 5.58 Å². The summed E-state index contributed by atoms with van der Waals surface area (Å²) in [5.41, 5.74) is 7.99. The molecule has 0 atom stereocenters. The van der Waals surface area contributed by atoms with Crippen LogP contribution in [-0.4, -0.2) is 4.57 Å². The number of rotatable bonds is 2. The number of halogens is 2. The summed E-state index contributed by atoms with van der Waals surface area (Å²) in [6.07, 6.45) is 0. The van der Waals surface area contributed by atoms with E-state index in [1.165, 1.54) is 16.7 Å². The smallest absolute Gasteiger partial charge is 0.408 e. The highest BCUT2D eigenvalue weighted by atomic mass is 35.5. The van der Waals surface area contributed by atoms with Gasteiger partial charge in [-0.3, -0.25) is 4.57 Å². The van der Waals surface area contributed by atoms with Crippen LogP contribution in [0.4, 0.5) is 10.1 Å². The molecule has 4 nitrogen and oxygen atoms in total. The van der Waals surface area contributed by atoms with Crippen molar-refractivity contribution >= 4 is 28.4 Å². The Morgan fingerprint density at radius 2 is 2.05 bits per heavy atom. The highest BCUT2D eigenvalue weighted by molar-refractivity contribution is 6.30. The third-order valence-electron chi connectivity index (χ3n) is 3.02. The van der Waals surface area contributed by atoms with E-state index < -0.39 is 11.6 Å². The Hall–Kier alpha value is -2.27. The van der Waals surface area contributed by atoms with Crippen molar-refractivity contribution in [3.63, 3.8) is 0 Å². The van der Waals surface area contributed by atoms with Crippen LogP contribution in [0.25, 0.3) is 11.1 Å². The third kappa shape index (κ3) is 2.16. The SMILES string of the molecule is Nc1ccc2oc(=O)n(Cc3ccc(F)c(Cl)c3)c2c1. The maximum absolute atomic E-state index is 13.1. The van der Waals surface area contributed by atoms with Crippen LogP contribution in [0, 0.1) is 5.82 Å². The lowest BCUT2D eigenvalue weighted by Gasteiger charge is -2.04. The molecule has 1 aromatic heterocycles. The first-order chi connectivity index (χ1) is 9.54. The van der Waals surface area contributed by atoms with Crippen LogP contribution in [0.5, 0.6) is 0 Å². The number of nitrogens with zero attached hydrogens (tertiary/aromatic N) is 1. The number of hydrogen-bond donors (Lipinski definition) is 1. The van der Waals surface area contributed by atoms with E-state index in [-0.39, 0.29) is 11.6 Å². The van der Waals surface area contributed by atoms with Crippen molar-refractivity contribution in [1.29, 1.82) is 0 Å². The quantitative estimate of drug-likeness (QED) is 0.739. The lowest BCUT2D eigenvalue weighted by Crippen LogP contribution is -2.15. The third-order valence-corrected chi connectivity index (χ3v) is 3.31. The molecule has 0 aliphatic carbocycles. The van der Waals surface area contributed by atoms with Crippen molar-refractivity contribution in [2.75, 3.05) is 5.73 Å². The Morgan fingerprint density at radius 1 is 1.25 bits per heavy atom. The van der Waals surface area contributed by atoms with Gasteiger partial charge in [0.2, 0.25) is 0 Å². The molecular formula is C14H10ClFN2O2. The molecule has 0 fully saturated rings. The summed E-state index contributed by atoms with van der Waals surface area (Å²) in [6.45, 7) is 0.231. The Labute approximate surface area is 118 Å². The topological polar surface area (TPSA) is 61.2 Å². The van der Waals surface area contributed by atoms with Gasteiger partial charge in [0, 0.05) is 5.69 Å². The van der Waals surface area contributed by atoms with E-state index in [1.54, 1.807) is 24.3 Å². The number of oxazole rings is 1. The van der Waals surface area contributed by atoms with Crippen LogP contribution in [-0.2, 0) is 6.54 Å². The Kier molecular flexibility index (Phi) is 2.99. The van der Waals surface area contributed by atoms with Crippen LogP contribution in [0.1, 0.15) is 5.56 Å². The molecule has 2 N–H and O–H groups in total. The van der Waals surface area contributed by atoms with E-state index in [0.29, 0.717) is 22.4 Å². The maximum atomic E-state index is 13.1. The molecule has 102 valence electrons. The van der Waals surface area contributed by atoms with E-state index >= 15 is 0 Å². The minimum Gasteiger partial charge on any atom is -0.408 e. The molecule has 0 aliphatic heterocycles. The number of nitrogens with two attached hydrogens (primary N) is 1. The van der Waals surface area contributed by atoms with Gasteiger partial charge in [-0.15, -0.1) is 0 Å². The number of fused-ring (bicyclic) bond motifs is 1. The Bertz CT molecular complexity index is 854. The van der Waals surface area contributed by atoms with E-state index in [9.17, 15) is 9.18 Å². The lowest BCUT2D eigenvalue weighted by atomic mass is 10.2. The molecule has 3 aromatic rings. The van der Waals surface area contributed by atoms with Crippen molar-refractivity contribution in [1.82, 2.24) is 4.57 Å². The van der Waals surface area contributed by atoms with Gasteiger partial charge in [-0.25, -0.2) is 9.18 Å². The van der Waals surface area contributed by atoms with Gasteiger partial charge in [-0.2, -0.15) is 0 Å². The van der Waals surface area contributed by atoms with Crippen LogP contribution in [0.3, 0.4) is 0 Å². The van der Waals surface area contributed by atoms with E-state index in [0.717, 1.165) is 0 Å². The molecule has 0 saturated heterocycles. The monoisotopic (exact) mass is 292 g/mol. The zero-order valence-electron chi connectivity index (χ0n) is 10.3. The van der Waals surface area contributed by atoms with Crippen LogP contribution in [0.2, 0.25) is 5.02 Å². The molecule has 0 bridgehead atoms. The van der Waals surface area contributed by atoms with Crippen molar-refractivity contribution in [3.8, 4) is 0 Å². The molecule has 0 spiro atoms. The number of benzene rings is 2. The lowest BCUT2D eigenvalue weighted by molar-refractivity contribution is 0.517. The second kappa shape index (κ2) is 4.68. The van der Waals surface area contributed by atoms with Gasteiger partial charge in [0.05, 0.1) is 17.1 Å². The summed E-state index contributed by atoms with van der Waals surface area (Å²) >= 11 is 5.73. The molecule has 0 aliphatic rings. The zero-order chi connectivity index (χ0) is 14.3. The van der Waals surface area contributed by atoms with Gasteiger partial charge in [0.25, 0.3) is 0 Å². The molecule has 0 amide bonds. The summed E-state index contributed by atoms with van der Waals surface area (Å²) in [5, 5.41) is 0.0165. The number of nitrogen functional groups attached to an aromatic ring is 1. The predicted octanol–water partition coefficient (Wildman–Crippen LogP) is 3.02. The molecule has 0 unspecified atom stereocenters. The van der Waals surface area contributed by atoms with Gasteiger partial charge in [-0.1, -0.05) is 17.7 Å². The normalized spacial score (nSPS) is 11.1. The van der Waals surface area contributed by atoms with Crippen molar-refractivity contribution < 1.29 is 8.81 Å². The molecule has 3 rings (SSSR count).